The Balaban J connectivity index is 1.93. The van der Waals surface area contributed by atoms with Crippen LogP contribution in [0.2, 0.25) is 0 Å². The molecule has 0 amide bonds. The average Bonchev–Trinajstić information content (AvgIpc) is 3.16. The highest BCUT2D eigenvalue weighted by Gasteiger charge is 2.36. The average molecular weight is 526 g/mol. The molecule has 0 fully saturated rings. The monoisotopic (exact) mass is 525 g/mol. The molecule has 1 aliphatic rings. The third-order valence-corrected chi connectivity index (χ3v) is 7.60. The summed E-state index contributed by atoms with van der Waals surface area (Å²) < 4.78 is 42.0. The Morgan fingerprint density at radius 1 is 1.03 bits per heavy atom. The van der Waals surface area contributed by atoms with Crippen molar-refractivity contribution in [2.45, 2.75) is 77.4 Å². The van der Waals surface area contributed by atoms with Gasteiger partial charge in [0.25, 0.3) is 0 Å². The molecule has 0 saturated carbocycles. The summed E-state index contributed by atoms with van der Waals surface area (Å²) in [5.41, 5.74) is 3.65. The van der Waals surface area contributed by atoms with Crippen molar-refractivity contribution in [3.8, 4) is 0 Å². The molecule has 0 bridgehead atoms. The summed E-state index contributed by atoms with van der Waals surface area (Å²) in [6.45, 7) is 6.08. The number of aromatic nitrogens is 1. The van der Waals surface area contributed by atoms with Crippen LogP contribution in [-0.4, -0.2) is 21.4 Å². The number of carboxylic acids is 1. The summed E-state index contributed by atoms with van der Waals surface area (Å²) in [6.07, 6.45) is -0.883. The minimum atomic E-state index is -4.43. The smallest absolute Gasteiger partial charge is 0.416 e. The first-order valence-corrected chi connectivity index (χ1v) is 13.2. The topological polar surface area (TPSA) is 59.3 Å². The zero-order valence-electron chi connectivity index (χ0n) is 22.0. The van der Waals surface area contributed by atoms with E-state index in [4.69, 9.17) is 0 Å². The molecule has 1 aromatic heterocycles. The number of hydrogen-bond donors (Lipinski definition) is 1. The Kier molecular flexibility index (Phi) is 8.14. The number of halogens is 3. The highest BCUT2D eigenvalue weighted by atomic mass is 19.4. The van der Waals surface area contributed by atoms with Gasteiger partial charge in [-0.05, 0) is 68.2 Å². The van der Waals surface area contributed by atoms with Gasteiger partial charge >= 0.3 is 12.1 Å². The molecule has 1 N–H and O–H groups in total. The summed E-state index contributed by atoms with van der Waals surface area (Å²) in [5, 5.41) is 9.70. The molecule has 0 aliphatic heterocycles. The first-order valence-electron chi connectivity index (χ1n) is 13.2. The number of hydrogen-bond acceptors (Lipinski definition) is 2. The van der Waals surface area contributed by atoms with E-state index in [-0.39, 0.29) is 24.2 Å². The molecule has 4 nitrogen and oxygen atoms in total. The second-order valence-electron chi connectivity index (χ2n) is 10.7. The highest BCUT2D eigenvalue weighted by Crippen LogP contribution is 2.44. The summed E-state index contributed by atoms with van der Waals surface area (Å²) in [6, 6.07) is 14.0. The molecule has 1 heterocycles. The predicted molar refractivity (Wildman–Crippen MR) is 141 cm³/mol. The van der Waals surface area contributed by atoms with E-state index in [0.717, 1.165) is 47.5 Å². The van der Waals surface area contributed by atoms with Crippen LogP contribution in [0.1, 0.15) is 102 Å². The molecule has 3 aromatic rings. The third-order valence-electron chi connectivity index (χ3n) is 7.60. The van der Waals surface area contributed by atoms with Gasteiger partial charge in [-0.2, -0.15) is 13.2 Å². The van der Waals surface area contributed by atoms with Crippen LogP contribution in [0.5, 0.6) is 0 Å². The van der Waals surface area contributed by atoms with Gasteiger partial charge < -0.3 is 9.67 Å². The maximum atomic E-state index is 13.8. The van der Waals surface area contributed by atoms with E-state index >= 15 is 0 Å². The van der Waals surface area contributed by atoms with Gasteiger partial charge in [-0.3, -0.25) is 9.59 Å². The highest BCUT2D eigenvalue weighted by molar-refractivity contribution is 6.11. The van der Waals surface area contributed by atoms with E-state index < -0.39 is 17.7 Å². The van der Waals surface area contributed by atoms with Gasteiger partial charge in [0, 0.05) is 28.4 Å². The predicted octanol–water partition coefficient (Wildman–Crippen LogP) is 7.97. The molecule has 202 valence electrons. The Morgan fingerprint density at radius 2 is 1.68 bits per heavy atom. The second-order valence-corrected chi connectivity index (χ2v) is 10.7. The van der Waals surface area contributed by atoms with E-state index in [1.165, 1.54) is 12.1 Å². The van der Waals surface area contributed by atoms with Gasteiger partial charge in [0.2, 0.25) is 0 Å². The molecule has 4 rings (SSSR count). The van der Waals surface area contributed by atoms with E-state index in [9.17, 15) is 27.9 Å². The Morgan fingerprint density at radius 3 is 2.26 bits per heavy atom. The quantitative estimate of drug-likeness (QED) is 0.288. The van der Waals surface area contributed by atoms with Gasteiger partial charge in [-0.25, -0.2) is 0 Å². The number of alkyl halides is 3. The van der Waals surface area contributed by atoms with Crippen molar-refractivity contribution < 1.29 is 27.9 Å². The van der Waals surface area contributed by atoms with Crippen molar-refractivity contribution in [3.05, 3.63) is 93.8 Å². The first-order chi connectivity index (χ1) is 18.0. The summed E-state index contributed by atoms with van der Waals surface area (Å²) in [5.74, 6) is -0.927. The van der Waals surface area contributed by atoms with Gasteiger partial charge in [-0.1, -0.05) is 56.3 Å². The van der Waals surface area contributed by atoms with Crippen LogP contribution in [0, 0.1) is 12.8 Å². The summed E-state index contributed by atoms with van der Waals surface area (Å²) in [4.78, 5) is 25.6. The molecular formula is C31H34F3NO3. The van der Waals surface area contributed by atoms with E-state index in [0.29, 0.717) is 36.3 Å². The maximum absolute atomic E-state index is 13.8. The molecule has 1 unspecified atom stereocenters. The van der Waals surface area contributed by atoms with Crippen LogP contribution < -0.4 is 0 Å². The number of carbonyl (C=O) groups excluding carboxylic acids is 1. The molecule has 0 saturated heterocycles. The van der Waals surface area contributed by atoms with Crippen LogP contribution in [-0.2, 0) is 17.4 Å². The molecule has 0 radical (unpaired) electrons. The number of ketones is 1. The second kappa shape index (κ2) is 11.2. The van der Waals surface area contributed by atoms with Crippen molar-refractivity contribution in [2.75, 3.05) is 0 Å². The van der Waals surface area contributed by atoms with E-state index in [1.54, 1.807) is 12.1 Å². The van der Waals surface area contributed by atoms with Crippen LogP contribution in [0.4, 0.5) is 13.2 Å². The van der Waals surface area contributed by atoms with E-state index in [2.05, 4.69) is 18.4 Å². The largest absolute Gasteiger partial charge is 0.481 e. The lowest BCUT2D eigenvalue weighted by Gasteiger charge is -2.30. The van der Waals surface area contributed by atoms with Crippen molar-refractivity contribution >= 4 is 11.8 Å². The third kappa shape index (κ3) is 5.71. The summed E-state index contributed by atoms with van der Waals surface area (Å²) in [7, 11) is 0. The summed E-state index contributed by atoms with van der Waals surface area (Å²) >= 11 is 0. The van der Waals surface area contributed by atoms with Gasteiger partial charge in [0.15, 0.2) is 5.78 Å². The fraction of sp³-hybridized carbons (Fsp3) is 0.419. The standard InChI is InChI=1S/C31H34F3NO3/c1-19(2)12-17-26(21-13-15-24(16-14-21)31(32,33)34)35-20(3)28(30(38)22-8-5-4-6-9-22)25-11-7-10-23(29(25)35)18-27(36)37/h4-6,8-9,13-16,19,23,26H,7,10-12,17-18H2,1-3H3,(H,36,37)/t23?,26-/m1/s1. The lowest BCUT2D eigenvalue weighted by atomic mass is 9.82. The van der Waals surface area contributed by atoms with Crippen LogP contribution in [0.3, 0.4) is 0 Å². The molecule has 1 aliphatic carbocycles. The van der Waals surface area contributed by atoms with Crippen LogP contribution in [0.25, 0.3) is 0 Å². The zero-order valence-corrected chi connectivity index (χ0v) is 22.0. The molecule has 2 aromatic carbocycles. The fourth-order valence-corrected chi connectivity index (χ4v) is 5.83. The zero-order chi connectivity index (χ0) is 27.6. The number of nitrogens with zero attached hydrogens (tertiary/aromatic N) is 1. The molecule has 38 heavy (non-hydrogen) atoms. The Bertz CT molecular complexity index is 1290. The number of aliphatic carboxylic acids is 1. The lowest BCUT2D eigenvalue weighted by Crippen LogP contribution is -2.22. The number of carbonyl (C=O) groups is 2. The van der Waals surface area contributed by atoms with Gasteiger partial charge in [-0.15, -0.1) is 0 Å². The Labute approximate surface area is 221 Å². The van der Waals surface area contributed by atoms with Crippen molar-refractivity contribution in [1.82, 2.24) is 4.57 Å². The number of rotatable bonds is 9. The number of carboxylic acid groups (broad SMARTS) is 1. The van der Waals surface area contributed by atoms with Gasteiger partial charge in [0.1, 0.15) is 0 Å². The SMILES string of the molecule is Cc1c(C(=O)c2ccccc2)c2c(n1[C@H](CCC(C)C)c1ccc(C(F)(F)F)cc1)C(CC(=O)O)CCC2. The van der Waals surface area contributed by atoms with Crippen LogP contribution in [0.15, 0.2) is 54.6 Å². The van der Waals surface area contributed by atoms with Gasteiger partial charge in [0.05, 0.1) is 18.0 Å². The number of fused-ring (bicyclic) bond motifs is 1. The van der Waals surface area contributed by atoms with Crippen molar-refractivity contribution in [1.29, 1.82) is 0 Å². The number of benzene rings is 2. The first kappa shape index (κ1) is 27.7. The van der Waals surface area contributed by atoms with Crippen LogP contribution >= 0.6 is 0 Å². The molecule has 7 heteroatoms. The molecular weight excluding hydrogens is 491 g/mol. The normalized spacial score (nSPS) is 16.3. The molecule has 0 spiro atoms. The van der Waals surface area contributed by atoms with Crippen molar-refractivity contribution in [3.63, 3.8) is 0 Å². The van der Waals surface area contributed by atoms with E-state index in [1.807, 2.05) is 25.1 Å². The minimum absolute atomic E-state index is 0.0562. The lowest BCUT2D eigenvalue weighted by molar-refractivity contribution is -0.138. The van der Waals surface area contributed by atoms with Crippen molar-refractivity contribution in [2.24, 2.45) is 5.92 Å². The Hall–Kier alpha value is -3.35. The fourth-order valence-electron chi connectivity index (χ4n) is 5.83. The minimum Gasteiger partial charge on any atom is -0.481 e. The molecule has 2 atom stereocenters. The maximum Gasteiger partial charge on any atom is 0.416 e.